The number of quaternary nitrogens is 2. The number of carbonyl (C=O) groups is 2. The normalized spacial score (nSPS) is 10.1. The Morgan fingerprint density at radius 1 is 0.633 bits per heavy atom. The van der Waals surface area contributed by atoms with Crippen LogP contribution in [-0.2, 0) is 9.59 Å². The molecule has 0 aliphatic carbocycles. The fraction of sp³-hybridized carbons (Fsp3) is 0.917. The van der Waals surface area contributed by atoms with Crippen LogP contribution in [0.1, 0.15) is 101 Å². The molecule has 0 unspecified atom stereocenters. The maximum atomic E-state index is 9.49. The molecule has 0 saturated carbocycles. The van der Waals surface area contributed by atoms with Gasteiger partial charge in [-0.1, -0.05) is 40.0 Å². The van der Waals surface area contributed by atoms with E-state index in [-0.39, 0.29) is 12.8 Å². The lowest BCUT2D eigenvalue weighted by Gasteiger charge is -2.35. The number of nitrogens with one attached hydrogen (secondary N) is 1. The number of hydrogen-bond donors (Lipinski definition) is 1. The van der Waals surface area contributed by atoms with Crippen molar-refractivity contribution in [3.05, 3.63) is 0 Å². The summed E-state index contributed by atoms with van der Waals surface area (Å²) < 4.78 is 1.31. The van der Waals surface area contributed by atoms with Crippen LogP contribution in [-0.4, -0.2) is 62.2 Å². The van der Waals surface area contributed by atoms with Crippen LogP contribution in [0, 0.1) is 0 Å². The van der Waals surface area contributed by atoms with Gasteiger partial charge in [0.05, 0.1) is 45.8 Å². The third kappa shape index (κ3) is 29.1. The van der Waals surface area contributed by atoms with Gasteiger partial charge in [0.1, 0.15) is 0 Å². The second kappa shape index (κ2) is 27.9. The van der Waals surface area contributed by atoms with Gasteiger partial charge < -0.3 is 29.2 Å². The van der Waals surface area contributed by atoms with Gasteiger partial charge in [0.2, 0.25) is 0 Å². The zero-order valence-corrected chi connectivity index (χ0v) is 21.8. The van der Waals surface area contributed by atoms with E-state index in [1.54, 1.807) is 18.7 Å². The van der Waals surface area contributed by atoms with E-state index in [0.29, 0.717) is 12.8 Å². The Balaban J connectivity index is -0.000000157. The number of rotatable bonds is 13. The summed E-state index contributed by atoms with van der Waals surface area (Å²) in [5, 5.41) is 19.0. The summed E-state index contributed by atoms with van der Waals surface area (Å²) in [5.74, 6) is -1.92. The average molecular weight is 435 g/mol. The van der Waals surface area contributed by atoms with Crippen LogP contribution >= 0.6 is 0 Å². The Morgan fingerprint density at radius 3 is 1.07 bits per heavy atom. The molecule has 0 aromatic heterocycles. The van der Waals surface area contributed by atoms with E-state index < -0.39 is 11.9 Å². The molecule has 0 aliphatic heterocycles. The van der Waals surface area contributed by atoms with Crippen molar-refractivity contribution in [3.63, 3.8) is 0 Å². The van der Waals surface area contributed by atoms with E-state index in [1.165, 1.54) is 63.1 Å². The molecule has 0 amide bonds. The number of nitrogens with zero attached hydrogens (tertiary/aromatic N) is 1. The second-order valence-corrected chi connectivity index (χ2v) is 7.42. The lowest BCUT2D eigenvalue weighted by atomic mass is 10.2. The smallest absolute Gasteiger partial charge is 0.0786 e. The molecule has 6 heteroatoms. The lowest BCUT2D eigenvalue weighted by molar-refractivity contribution is -0.923. The molecular weight excluding hydrogens is 380 g/mol. The molecule has 0 spiro atoms. The molecule has 30 heavy (non-hydrogen) atoms. The van der Waals surface area contributed by atoms with Crippen molar-refractivity contribution in [2.45, 2.75) is 101 Å². The Hall–Kier alpha value is -1.14. The Bertz CT molecular complexity index is 325. The number of carboxylic acids is 2. The molecule has 6 nitrogen and oxygen atoms in total. The Labute approximate surface area is 188 Å². The summed E-state index contributed by atoms with van der Waals surface area (Å²) in [6, 6.07) is 0. The van der Waals surface area contributed by atoms with Crippen molar-refractivity contribution in [2.24, 2.45) is 0 Å². The Morgan fingerprint density at radius 2 is 0.967 bits per heavy atom. The van der Waals surface area contributed by atoms with Crippen LogP contribution in [0.25, 0.3) is 0 Å². The fourth-order valence-corrected chi connectivity index (χ4v) is 2.80. The van der Waals surface area contributed by atoms with Crippen molar-refractivity contribution >= 4 is 11.9 Å². The molecule has 0 heterocycles. The van der Waals surface area contributed by atoms with E-state index in [0.717, 1.165) is 0 Å². The van der Waals surface area contributed by atoms with Crippen molar-refractivity contribution in [2.75, 3.05) is 45.8 Å². The minimum Gasteiger partial charge on any atom is -0.550 e. The van der Waals surface area contributed by atoms with Crippen LogP contribution in [0.2, 0.25) is 0 Å². The Kier molecular flexibility index (Phi) is 33.7. The van der Waals surface area contributed by atoms with Gasteiger partial charge in [0, 0.05) is 11.9 Å². The molecule has 184 valence electrons. The molecule has 1 N–H and O–H groups in total. The van der Waals surface area contributed by atoms with E-state index in [9.17, 15) is 19.8 Å². The van der Waals surface area contributed by atoms with Crippen LogP contribution < -0.4 is 15.1 Å². The molecular formula is C24H54N2O4. The van der Waals surface area contributed by atoms with E-state index in [1.807, 2.05) is 0 Å². The van der Waals surface area contributed by atoms with Gasteiger partial charge in [0.15, 0.2) is 0 Å². The second-order valence-electron chi connectivity index (χ2n) is 7.42. The highest BCUT2D eigenvalue weighted by molar-refractivity contribution is 5.64. The number of carbonyl (C=O) groups excluding carboxylic acids is 2. The molecule has 0 atom stereocenters. The third-order valence-corrected chi connectivity index (χ3v) is 5.41. The van der Waals surface area contributed by atoms with Gasteiger partial charge in [-0.2, -0.15) is 0 Å². The summed E-state index contributed by atoms with van der Waals surface area (Å²) in [6.45, 7) is 28.6. The van der Waals surface area contributed by atoms with Gasteiger partial charge in [-0.3, -0.25) is 0 Å². The minimum absolute atomic E-state index is 0.181. The number of hydrogen-bond acceptors (Lipinski definition) is 4. The summed E-state index contributed by atoms with van der Waals surface area (Å²) in [5.41, 5.74) is 0. The van der Waals surface area contributed by atoms with Crippen molar-refractivity contribution in [1.29, 1.82) is 0 Å². The zero-order valence-electron chi connectivity index (χ0n) is 21.8. The predicted molar refractivity (Wildman–Crippen MR) is 124 cm³/mol. The van der Waals surface area contributed by atoms with E-state index >= 15 is 0 Å². The first-order chi connectivity index (χ1) is 14.1. The molecule has 0 bridgehead atoms. The first-order valence-corrected chi connectivity index (χ1v) is 12.2. The van der Waals surface area contributed by atoms with Crippen LogP contribution in [0.3, 0.4) is 0 Å². The topological polar surface area (TPSA) is 84.7 Å². The third-order valence-electron chi connectivity index (χ3n) is 5.41. The molecule has 0 fully saturated rings. The summed E-state index contributed by atoms with van der Waals surface area (Å²) in [4.78, 5) is 20.7. The summed E-state index contributed by atoms with van der Waals surface area (Å²) >= 11 is 0. The number of unbranched alkanes of at least 4 members (excludes halogenated alkanes) is 1. The van der Waals surface area contributed by atoms with Gasteiger partial charge in [-0.25, -0.2) is 0 Å². The molecule has 0 rings (SSSR count). The number of aliphatic carboxylic acids is 2. The van der Waals surface area contributed by atoms with Crippen LogP contribution in [0.4, 0.5) is 0 Å². The minimum atomic E-state index is -0.961. The van der Waals surface area contributed by atoms with Crippen molar-refractivity contribution in [1.82, 2.24) is 0 Å². The largest absolute Gasteiger partial charge is 0.550 e. The maximum absolute atomic E-state index is 9.49. The van der Waals surface area contributed by atoms with E-state index in [4.69, 9.17) is 0 Å². The summed E-state index contributed by atoms with van der Waals surface area (Å²) in [7, 11) is 0. The van der Waals surface area contributed by atoms with Gasteiger partial charge in [-0.15, -0.1) is 0 Å². The van der Waals surface area contributed by atoms with Crippen LogP contribution in [0.15, 0.2) is 0 Å². The van der Waals surface area contributed by atoms with Gasteiger partial charge in [-0.05, 0) is 60.8 Å². The molecule has 0 aliphatic rings. The molecule has 0 saturated heterocycles. The standard InChI is InChI=1S/C10H24N.C6H15N.2C4H8O2/c1-5-9-10-11(6-2,7-3)8-4;1-4-7(5-2)6-3;2*1-2-3-4(5)6/h5-10H2,1-4H3;4-6H2,1-3H3;2*2-3H2,1H3,(H,5,6)/q+1;;;/p-1. The highest BCUT2D eigenvalue weighted by atomic mass is 16.4. The first-order valence-electron chi connectivity index (χ1n) is 12.2. The number of carboxylic acid groups (broad SMARTS) is 2. The molecule has 0 aromatic rings. The monoisotopic (exact) mass is 434 g/mol. The molecule has 0 aromatic carbocycles. The lowest BCUT2D eigenvalue weighted by Crippen LogP contribution is -3.11. The highest BCUT2D eigenvalue weighted by Crippen LogP contribution is 2.07. The zero-order chi connectivity index (χ0) is 24.4. The van der Waals surface area contributed by atoms with Gasteiger partial charge >= 0.3 is 0 Å². The SMILES string of the molecule is CCCC(=O)[O-].CCCC(=O)[O-].CCCC[N+](CC)(CC)CC.CC[NH+](CC)CC. The molecule has 0 radical (unpaired) electrons. The first kappa shape index (κ1) is 36.2. The predicted octanol–water partition coefficient (Wildman–Crippen LogP) is 1.67. The van der Waals surface area contributed by atoms with Gasteiger partial charge in [0.25, 0.3) is 0 Å². The highest BCUT2D eigenvalue weighted by Gasteiger charge is 2.18. The maximum Gasteiger partial charge on any atom is 0.0786 e. The quantitative estimate of drug-likeness (QED) is 0.447. The van der Waals surface area contributed by atoms with E-state index in [2.05, 4.69) is 48.5 Å². The fourth-order valence-electron chi connectivity index (χ4n) is 2.80. The van der Waals surface area contributed by atoms with Crippen LogP contribution in [0.5, 0.6) is 0 Å². The summed E-state index contributed by atoms with van der Waals surface area (Å²) in [6.07, 6.45) is 4.42. The van der Waals surface area contributed by atoms with Crippen molar-refractivity contribution < 1.29 is 29.2 Å². The average Bonchev–Trinajstić information content (AvgIpc) is 2.72. The van der Waals surface area contributed by atoms with Crippen molar-refractivity contribution in [3.8, 4) is 0 Å².